The Balaban J connectivity index is 1.88. The van der Waals surface area contributed by atoms with Crippen LogP contribution in [0.5, 0.6) is 0 Å². The zero-order chi connectivity index (χ0) is 11.8. The zero-order valence-corrected chi connectivity index (χ0v) is 10.2. The SMILES string of the molecule is CCCC(N)CC(=O)NCCOCC1CC1. The first-order valence-electron chi connectivity index (χ1n) is 6.32. The summed E-state index contributed by atoms with van der Waals surface area (Å²) in [6, 6.07) is -0.00242. The molecule has 0 saturated heterocycles. The average molecular weight is 228 g/mol. The predicted octanol–water partition coefficient (Wildman–Crippen LogP) is 1.05. The number of nitrogens with one attached hydrogen (secondary N) is 1. The van der Waals surface area contributed by atoms with Gasteiger partial charge in [-0.1, -0.05) is 13.3 Å². The number of hydrogen-bond acceptors (Lipinski definition) is 3. The van der Waals surface area contributed by atoms with E-state index in [4.69, 9.17) is 10.5 Å². The number of rotatable bonds is 9. The molecule has 1 rings (SSSR count). The van der Waals surface area contributed by atoms with E-state index in [0.717, 1.165) is 25.4 Å². The van der Waals surface area contributed by atoms with E-state index >= 15 is 0 Å². The number of amides is 1. The molecule has 1 aliphatic rings. The van der Waals surface area contributed by atoms with Gasteiger partial charge in [-0.3, -0.25) is 4.79 Å². The Morgan fingerprint density at radius 2 is 2.31 bits per heavy atom. The fourth-order valence-corrected chi connectivity index (χ4v) is 1.58. The lowest BCUT2D eigenvalue weighted by atomic mass is 10.1. The normalized spacial score (nSPS) is 17.1. The standard InChI is InChI=1S/C12H24N2O2/c1-2-3-11(13)8-12(15)14-6-7-16-9-10-4-5-10/h10-11H,2-9,13H2,1H3,(H,14,15). The molecule has 0 bridgehead atoms. The van der Waals surface area contributed by atoms with Crippen molar-refractivity contribution in [3.8, 4) is 0 Å². The summed E-state index contributed by atoms with van der Waals surface area (Å²) >= 11 is 0. The van der Waals surface area contributed by atoms with Crippen LogP contribution >= 0.6 is 0 Å². The highest BCUT2D eigenvalue weighted by Crippen LogP contribution is 2.28. The average Bonchev–Trinajstić information content (AvgIpc) is 3.01. The van der Waals surface area contributed by atoms with Gasteiger partial charge >= 0.3 is 0 Å². The van der Waals surface area contributed by atoms with Gasteiger partial charge < -0.3 is 15.8 Å². The van der Waals surface area contributed by atoms with E-state index in [2.05, 4.69) is 12.2 Å². The Morgan fingerprint density at radius 3 is 2.94 bits per heavy atom. The molecule has 1 aliphatic carbocycles. The maximum absolute atomic E-state index is 11.4. The van der Waals surface area contributed by atoms with Crippen molar-refractivity contribution >= 4 is 5.91 Å². The molecule has 1 fully saturated rings. The van der Waals surface area contributed by atoms with E-state index in [9.17, 15) is 4.79 Å². The van der Waals surface area contributed by atoms with Gasteiger partial charge in [0.25, 0.3) is 0 Å². The van der Waals surface area contributed by atoms with E-state index < -0.39 is 0 Å². The molecule has 16 heavy (non-hydrogen) atoms. The minimum Gasteiger partial charge on any atom is -0.379 e. The highest BCUT2D eigenvalue weighted by molar-refractivity contribution is 5.76. The second-order valence-electron chi connectivity index (χ2n) is 4.62. The fraction of sp³-hybridized carbons (Fsp3) is 0.917. The Bertz CT molecular complexity index is 205. The van der Waals surface area contributed by atoms with E-state index in [1.54, 1.807) is 0 Å². The van der Waals surface area contributed by atoms with Crippen molar-refractivity contribution in [2.75, 3.05) is 19.8 Å². The van der Waals surface area contributed by atoms with Gasteiger partial charge in [0.2, 0.25) is 5.91 Å². The Morgan fingerprint density at radius 1 is 1.56 bits per heavy atom. The zero-order valence-electron chi connectivity index (χ0n) is 10.2. The van der Waals surface area contributed by atoms with Gasteiger partial charge in [0, 0.05) is 25.6 Å². The molecule has 1 unspecified atom stereocenters. The first-order chi connectivity index (χ1) is 7.72. The third-order valence-electron chi connectivity index (χ3n) is 2.73. The summed E-state index contributed by atoms with van der Waals surface area (Å²) in [5, 5.41) is 2.82. The van der Waals surface area contributed by atoms with Crippen LogP contribution in [0.3, 0.4) is 0 Å². The summed E-state index contributed by atoms with van der Waals surface area (Å²) in [5.74, 6) is 0.824. The first kappa shape index (κ1) is 13.5. The second kappa shape index (κ2) is 7.63. The molecule has 0 radical (unpaired) electrons. The van der Waals surface area contributed by atoms with Gasteiger partial charge in [0.1, 0.15) is 0 Å². The molecule has 1 amide bonds. The van der Waals surface area contributed by atoms with Gasteiger partial charge in [-0.25, -0.2) is 0 Å². The van der Waals surface area contributed by atoms with Crippen molar-refractivity contribution < 1.29 is 9.53 Å². The maximum atomic E-state index is 11.4. The van der Waals surface area contributed by atoms with E-state index in [-0.39, 0.29) is 11.9 Å². The van der Waals surface area contributed by atoms with Gasteiger partial charge in [0.15, 0.2) is 0 Å². The van der Waals surface area contributed by atoms with Crippen molar-refractivity contribution in [3.05, 3.63) is 0 Å². The lowest BCUT2D eigenvalue weighted by Gasteiger charge is -2.10. The second-order valence-corrected chi connectivity index (χ2v) is 4.62. The number of carbonyl (C=O) groups is 1. The van der Waals surface area contributed by atoms with Crippen LogP contribution in [-0.2, 0) is 9.53 Å². The molecule has 4 heteroatoms. The quantitative estimate of drug-likeness (QED) is 0.580. The molecule has 1 saturated carbocycles. The summed E-state index contributed by atoms with van der Waals surface area (Å²) in [4.78, 5) is 11.4. The third-order valence-corrected chi connectivity index (χ3v) is 2.73. The number of carbonyl (C=O) groups excluding carboxylic acids is 1. The lowest BCUT2D eigenvalue weighted by Crippen LogP contribution is -2.33. The molecule has 0 aromatic carbocycles. The van der Waals surface area contributed by atoms with Crippen molar-refractivity contribution in [2.45, 2.75) is 45.1 Å². The topological polar surface area (TPSA) is 64.4 Å². The van der Waals surface area contributed by atoms with E-state index in [1.807, 2.05) is 0 Å². The highest BCUT2D eigenvalue weighted by atomic mass is 16.5. The van der Waals surface area contributed by atoms with Crippen LogP contribution in [0.2, 0.25) is 0 Å². The molecule has 0 aliphatic heterocycles. The molecule has 94 valence electrons. The Kier molecular flexibility index (Phi) is 6.42. The fourth-order valence-electron chi connectivity index (χ4n) is 1.58. The first-order valence-corrected chi connectivity index (χ1v) is 6.32. The summed E-state index contributed by atoms with van der Waals surface area (Å²) < 4.78 is 5.41. The minimum atomic E-state index is -0.00242. The van der Waals surface area contributed by atoms with Crippen LogP contribution in [0.25, 0.3) is 0 Å². The van der Waals surface area contributed by atoms with Crippen LogP contribution in [0.4, 0.5) is 0 Å². The molecule has 0 heterocycles. The summed E-state index contributed by atoms with van der Waals surface area (Å²) in [5.41, 5.74) is 5.77. The molecule has 3 N–H and O–H groups in total. The van der Waals surface area contributed by atoms with Crippen LogP contribution in [0, 0.1) is 5.92 Å². The third kappa shape index (κ3) is 6.80. The number of nitrogens with two attached hydrogens (primary N) is 1. The minimum absolute atomic E-state index is 0.00242. The molecule has 4 nitrogen and oxygen atoms in total. The summed E-state index contributed by atoms with van der Waals surface area (Å²) in [6.45, 7) is 4.14. The van der Waals surface area contributed by atoms with E-state index in [0.29, 0.717) is 19.6 Å². The van der Waals surface area contributed by atoms with Crippen LogP contribution in [0.15, 0.2) is 0 Å². The van der Waals surface area contributed by atoms with Crippen molar-refractivity contribution in [2.24, 2.45) is 11.7 Å². The summed E-state index contributed by atoms with van der Waals surface area (Å²) in [6.07, 6.45) is 4.97. The van der Waals surface area contributed by atoms with Gasteiger partial charge in [0.05, 0.1) is 6.61 Å². The van der Waals surface area contributed by atoms with Crippen molar-refractivity contribution in [3.63, 3.8) is 0 Å². The van der Waals surface area contributed by atoms with Gasteiger partial charge in [-0.05, 0) is 25.2 Å². The Hall–Kier alpha value is -0.610. The van der Waals surface area contributed by atoms with Gasteiger partial charge in [-0.15, -0.1) is 0 Å². The van der Waals surface area contributed by atoms with Crippen molar-refractivity contribution in [1.29, 1.82) is 0 Å². The van der Waals surface area contributed by atoms with Crippen LogP contribution < -0.4 is 11.1 Å². The molecule has 0 spiro atoms. The molecule has 1 atom stereocenters. The van der Waals surface area contributed by atoms with Gasteiger partial charge in [-0.2, -0.15) is 0 Å². The van der Waals surface area contributed by atoms with Crippen LogP contribution in [0.1, 0.15) is 39.0 Å². The summed E-state index contributed by atoms with van der Waals surface area (Å²) in [7, 11) is 0. The molecule has 0 aromatic heterocycles. The number of hydrogen-bond donors (Lipinski definition) is 2. The smallest absolute Gasteiger partial charge is 0.221 e. The largest absolute Gasteiger partial charge is 0.379 e. The highest BCUT2D eigenvalue weighted by Gasteiger charge is 2.20. The molecule has 0 aromatic rings. The Labute approximate surface area is 97.9 Å². The lowest BCUT2D eigenvalue weighted by molar-refractivity contribution is -0.121. The van der Waals surface area contributed by atoms with E-state index in [1.165, 1.54) is 12.8 Å². The van der Waals surface area contributed by atoms with Crippen molar-refractivity contribution in [1.82, 2.24) is 5.32 Å². The maximum Gasteiger partial charge on any atom is 0.221 e. The molecular weight excluding hydrogens is 204 g/mol. The molecular formula is C12H24N2O2. The number of ether oxygens (including phenoxy) is 1. The monoisotopic (exact) mass is 228 g/mol. The predicted molar refractivity (Wildman–Crippen MR) is 64.1 cm³/mol. The van der Waals surface area contributed by atoms with Crippen LogP contribution in [-0.4, -0.2) is 31.7 Å².